The molecule has 17 heavy (non-hydrogen) atoms. The second-order valence-corrected chi connectivity index (χ2v) is 4.43. The van der Waals surface area contributed by atoms with Crippen molar-refractivity contribution < 1.29 is 4.74 Å². The van der Waals surface area contributed by atoms with Crippen LogP contribution in [0.2, 0.25) is 0 Å². The average molecular weight is 235 g/mol. The van der Waals surface area contributed by atoms with Crippen LogP contribution in [0, 0.1) is 5.92 Å². The molecule has 0 aliphatic carbocycles. The maximum absolute atomic E-state index is 5.86. The lowest BCUT2D eigenvalue weighted by atomic mass is 9.90. The van der Waals surface area contributed by atoms with Gasteiger partial charge in [0.05, 0.1) is 12.6 Å². The molecule has 0 amide bonds. The predicted molar refractivity (Wildman–Crippen MR) is 68.6 cm³/mol. The van der Waals surface area contributed by atoms with Crippen LogP contribution in [-0.2, 0) is 0 Å². The molecule has 3 atom stereocenters. The summed E-state index contributed by atoms with van der Waals surface area (Å²) in [5, 5.41) is 0. The Hall–Kier alpha value is -1.10. The zero-order chi connectivity index (χ0) is 12.3. The molecule has 0 bridgehead atoms. The molecule has 4 N–H and O–H groups in total. The molecule has 1 aromatic carbocycles. The van der Waals surface area contributed by atoms with Crippen LogP contribution in [-0.4, -0.2) is 19.2 Å². The average Bonchev–Trinajstić information content (AvgIpc) is 2.71. The molecular formula is C13H21N3O. The Morgan fingerprint density at radius 3 is 2.76 bits per heavy atom. The monoisotopic (exact) mass is 235 g/mol. The molecule has 1 saturated heterocycles. The van der Waals surface area contributed by atoms with Crippen molar-refractivity contribution in [1.82, 2.24) is 10.9 Å². The van der Waals surface area contributed by atoms with Gasteiger partial charge in [-0.1, -0.05) is 18.2 Å². The number of ether oxygens (including phenoxy) is 1. The van der Waals surface area contributed by atoms with Crippen LogP contribution in [0.3, 0.4) is 0 Å². The van der Waals surface area contributed by atoms with Gasteiger partial charge in [-0.3, -0.25) is 5.43 Å². The summed E-state index contributed by atoms with van der Waals surface area (Å²) in [6.07, 6.45) is 0. The highest BCUT2D eigenvalue weighted by atomic mass is 16.5. The third-order valence-corrected chi connectivity index (χ3v) is 3.36. The minimum atomic E-state index is 0.220. The Balaban J connectivity index is 2.27. The van der Waals surface area contributed by atoms with E-state index in [1.165, 1.54) is 5.56 Å². The Bertz CT molecular complexity index is 369. The summed E-state index contributed by atoms with van der Waals surface area (Å²) in [4.78, 5) is 0. The molecule has 0 saturated carbocycles. The molecular weight excluding hydrogens is 214 g/mol. The van der Waals surface area contributed by atoms with Crippen LogP contribution in [0.15, 0.2) is 24.3 Å². The number of rotatable bonds is 4. The van der Waals surface area contributed by atoms with E-state index in [0.29, 0.717) is 25.1 Å². The van der Waals surface area contributed by atoms with Crippen LogP contribution in [0.4, 0.5) is 0 Å². The number of nitrogens with two attached hydrogens (primary N) is 1. The summed E-state index contributed by atoms with van der Waals surface area (Å²) in [6, 6.07) is 8.74. The molecule has 4 heteroatoms. The van der Waals surface area contributed by atoms with Crippen molar-refractivity contribution in [3.63, 3.8) is 0 Å². The summed E-state index contributed by atoms with van der Waals surface area (Å²) in [5.41, 5.74) is 13.6. The number of benzene rings is 1. The van der Waals surface area contributed by atoms with Crippen molar-refractivity contribution in [2.45, 2.75) is 25.9 Å². The minimum Gasteiger partial charge on any atom is -0.494 e. The normalized spacial score (nSPS) is 28.3. The van der Waals surface area contributed by atoms with Gasteiger partial charge in [0, 0.05) is 17.5 Å². The van der Waals surface area contributed by atoms with Gasteiger partial charge in [-0.2, -0.15) is 0 Å². The van der Waals surface area contributed by atoms with Gasteiger partial charge >= 0.3 is 0 Å². The fourth-order valence-corrected chi connectivity index (χ4v) is 2.40. The zero-order valence-electron chi connectivity index (χ0n) is 10.4. The topological polar surface area (TPSA) is 59.3 Å². The molecule has 94 valence electrons. The van der Waals surface area contributed by atoms with E-state index < -0.39 is 0 Å². The smallest absolute Gasteiger partial charge is 0.124 e. The van der Waals surface area contributed by atoms with Crippen LogP contribution in [0.25, 0.3) is 0 Å². The Morgan fingerprint density at radius 2 is 2.06 bits per heavy atom. The van der Waals surface area contributed by atoms with Crippen molar-refractivity contribution in [2.75, 3.05) is 13.2 Å². The van der Waals surface area contributed by atoms with Gasteiger partial charge in [0.1, 0.15) is 5.75 Å². The second-order valence-electron chi connectivity index (χ2n) is 4.43. The van der Waals surface area contributed by atoms with Crippen molar-refractivity contribution in [3.05, 3.63) is 29.8 Å². The summed E-state index contributed by atoms with van der Waals surface area (Å²) >= 11 is 0. The van der Waals surface area contributed by atoms with Gasteiger partial charge in [-0.15, -0.1) is 0 Å². The second kappa shape index (κ2) is 5.49. The molecule has 2 rings (SSSR count). The van der Waals surface area contributed by atoms with Crippen LogP contribution in [0.1, 0.15) is 25.5 Å². The standard InChI is InChI=1S/C13H21N3O/c1-3-17-12-7-5-4-6-10(12)13-11(8-14)9(2)15-16-13/h4-7,9,11,13,15-16H,3,8,14H2,1-2H3. The highest BCUT2D eigenvalue weighted by molar-refractivity contribution is 5.37. The number of hydrogen-bond acceptors (Lipinski definition) is 4. The van der Waals surface area contributed by atoms with Gasteiger partial charge in [-0.05, 0) is 26.5 Å². The molecule has 0 spiro atoms. The van der Waals surface area contributed by atoms with Crippen LogP contribution < -0.4 is 21.3 Å². The van der Waals surface area contributed by atoms with Gasteiger partial charge in [0.2, 0.25) is 0 Å². The van der Waals surface area contributed by atoms with E-state index in [2.05, 4.69) is 23.8 Å². The van der Waals surface area contributed by atoms with Gasteiger partial charge < -0.3 is 10.5 Å². The first-order valence-corrected chi connectivity index (χ1v) is 6.20. The fourth-order valence-electron chi connectivity index (χ4n) is 2.40. The van der Waals surface area contributed by atoms with Gasteiger partial charge in [0.15, 0.2) is 0 Å². The van der Waals surface area contributed by atoms with Gasteiger partial charge in [-0.25, -0.2) is 5.43 Å². The van der Waals surface area contributed by atoms with E-state index >= 15 is 0 Å². The molecule has 4 nitrogen and oxygen atoms in total. The van der Waals surface area contributed by atoms with E-state index in [1.54, 1.807) is 0 Å². The highest BCUT2D eigenvalue weighted by Crippen LogP contribution is 2.33. The van der Waals surface area contributed by atoms with Crippen molar-refractivity contribution in [2.24, 2.45) is 11.7 Å². The summed E-state index contributed by atoms with van der Waals surface area (Å²) in [6.45, 7) is 5.49. The highest BCUT2D eigenvalue weighted by Gasteiger charge is 2.34. The first-order valence-electron chi connectivity index (χ1n) is 6.20. The summed E-state index contributed by atoms with van der Waals surface area (Å²) in [5.74, 6) is 1.33. The molecule has 3 unspecified atom stereocenters. The van der Waals surface area contributed by atoms with Crippen LogP contribution in [0.5, 0.6) is 5.75 Å². The first kappa shape index (κ1) is 12.4. The lowest BCUT2D eigenvalue weighted by Gasteiger charge is -2.21. The van der Waals surface area contributed by atoms with Crippen LogP contribution >= 0.6 is 0 Å². The van der Waals surface area contributed by atoms with Crippen molar-refractivity contribution in [1.29, 1.82) is 0 Å². The summed E-state index contributed by atoms with van der Waals surface area (Å²) in [7, 11) is 0. The Morgan fingerprint density at radius 1 is 1.29 bits per heavy atom. The molecule has 0 radical (unpaired) electrons. The predicted octanol–water partition coefficient (Wildman–Crippen LogP) is 1.20. The van der Waals surface area contributed by atoms with Crippen molar-refractivity contribution >= 4 is 0 Å². The lowest BCUT2D eigenvalue weighted by Crippen LogP contribution is -2.30. The Kier molecular flexibility index (Phi) is 3.99. The molecule has 1 aliphatic rings. The summed E-state index contributed by atoms with van der Waals surface area (Å²) < 4.78 is 5.67. The molecule has 0 aromatic heterocycles. The van der Waals surface area contributed by atoms with Crippen molar-refractivity contribution in [3.8, 4) is 5.75 Å². The molecule has 1 fully saturated rings. The largest absolute Gasteiger partial charge is 0.494 e. The lowest BCUT2D eigenvalue weighted by molar-refractivity contribution is 0.327. The number of nitrogens with one attached hydrogen (secondary N) is 2. The molecule has 1 aliphatic heterocycles. The van der Waals surface area contributed by atoms with E-state index in [-0.39, 0.29) is 6.04 Å². The number of hydrogen-bond donors (Lipinski definition) is 3. The zero-order valence-corrected chi connectivity index (χ0v) is 10.4. The number of para-hydroxylation sites is 1. The minimum absolute atomic E-state index is 0.220. The first-order chi connectivity index (χ1) is 8.27. The number of hydrazine groups is 1. The van der Waals surface area contributed by atoms with E-state index in [1.807, 2.05) is 25.1 Å². The third kappa shape index (κ3) is 2.44. The maximum Gasteiger partial charge on any atom is 0.124 e. The maximum atomic E-state index is 5.86. The SMILES string of the molecule is CCOc1ccccc1C1NNC(C)C1CN. The third-order valence-electron chi connectivity index (χ3n) is 3.36. The molecule has 1 aromatic rings. The quantitative estimate of drug-likeness (QED) is 0.734. The van der Waals surface area contributed by atoms with Gasteiger partial charge in [0.25, 0.3) is 0 Å². The van der Waals surface area contributed by atoms with E-state index in [4.69, 9.17) is 10.5 Å². The van der Waals surface area contributed by atoms with E-state index in [9.17, 15) is 0 Å². The fraction of sp³-hybridized carbons (Fsp3) is 0.538. The molecule has 1 heterocycles. The van der Waals surface area contributed by atoms with E-state index in [0.717, 1.165) is 5.75 Å². The Labute approximate surface area is 103 Å².